The summed E-state index contributed by atoms with van der Waals surface area (Å²) >= 11 is 0. The summed E-state index contributed by atoms with van der Waals surface area (Å²) in [5.41, 5.74) is 0. The number of rotatable bonds is 12. The van der Waals surface area contributed by atoms with Crippen molar-refractivity contribution in [3.05, 3.63) is 30.3 Å². The van der Waals surface area contributed by atoms with Crippen molar-refractivity contribution in [3.63, 3.8) is 0 Å². The normalized spacial score (nSPS) is 9.63. The van der Waals surface area contributed by atoms with Gasteiger partial charge in [-0.1, -0.05) is 82.9 Å². The average Bonchev–Trinajstić information content (AvgIpc) is 2.52. The van der Waals surface area contributed by atoms with Crippen molar-refractivity contribution in [1.82, 2.24) is 0 Å². The van der Waals surface area contributed by atoms with Gasteiger partial charge in [0.15, 0.2) is 0 Å². The van der Waals surface area contributed by atoms with Gasteiger partial charge in [-0.25, -0.2) is 0 Å². The van der Waals surface area contributed by atoms with Gasteiger partial charge in [-0.15, -0.1) is 0 Å². The molecule has 0 fully saturated rings. The molecular formula is C18H30K3O5P. The molecule has 0 saturated carbocycles. The summed E-state index contributed by atoms with van der Waals surface area (Å²) in [5, 5.41) is 0. The van der Waals surface area contributed by atoms with E-state index in [4.69, 9.17) is 24.0 Å². The number of para-hydroxylation sites is 1. The van der Waals surface area contributed by atoms with Crippen LogP contribution in [-0.2, 0) is 4.57 Å². The van der Waals surface area contributed by atoms with Crippen LogP contribution in [0.15, 0.2) is 30.3 Å². The van der Waals surface area contributed by atoms with Crippen LogP contribution in [0, 0.1) is 0 Å². The summed E-state index contributed by atoms with van der Waals surface area (Å²) in [7, 11) is -5.39. The van der Waals surface area contributed by atoms with Crippen LogP contribution in [0.4, 0.5) is 0 Å². The molecule has 0 aliphatic carbocycles. The first-order chi connectivity index (χ1) is 11.4. The summed E-state index contributed by atoms with van der Waals surface area (Å²) in [6, 6.07) is 10.1. The Morgan fingerprint density at radius 1 is 0.741 bits per heavy atom. The van der Waals surface area contributed by atoms with E-state index in [1.807, 2.05) is 30.3 Å². The van der Waals surface area contributed by atoms with Crippen molar-refractivity contribution in [3.8, 4) is 5.75 Å². The van der Waals surface area contributed by atoms with Crippen molar-refractivity contribution in [1.29, 1.82) is 0 Å². The average molecular weight is 475 g/mol. The maximum atomic E-state index is 8.55. The van der Waals surface area contributed by atoms with Crippen molar-refractivity contribution in [2.45, 2.75) is 71.1 Å². The first kappa shape index (κ1) is 38.3. The van der Waals surface area contributed by atoms with Crippen molar-refractivity contribution in [2.75, 3.05) is 6.61 Å². The molecule has 0 spiro atoms. The van der Waals surface area contributed by atoms with E-state index in [0.29, 0.717) is 0 Å². The van der Waals surface area contributed by atoms with Crippen LogP contribution in [0.5, 0.6) is 5.75 Å². The van der Waals surface area contributed by atoms with Gasteiger partial charge in [-0.05, 0) is 18.6 Å². The van der Waals surface area contributed by atoms with E-state index in [0.717, 1.165) is 12.4 Å². The second-order valence-corrected chi connectivity index (χ2v) is 6.69. The van der Waals surface area contributed by atoms with Crippen LogP contribution < -0.4 is 174 Å². The number of hydrogen-bond acceptors (Lipinski definition) is 5. The van der Waals surface area contributed by atoms with E-state index in [1.165, 1.54) is 64.2 Å². The second kappa shape index (κ2) is 28.1. The molecule has 9 heteroatoms. The van der Waals surface area contributed by atoms with Crippen LogP contribution >= 0.6 is 7.82 Å². The maximum Gasteiger partial charge on any atom is 1.00 e. The van der Waals surface area contributed by atoms with Gasteiger partial charge < -0.3 is 24.0 Å². The number of unbranched alkanes of at least 4 members (excludes halogenated alkanes) is 9. The van der Waals surface area contributed by atoms with E-state index in [9.17, 15) is 0 Å². The zero-order valence-corrected chi connectivity index (χ0v) is 27.9. The fourth-order valence-corrected chi connectivity index (χ4v) is 2.30. The first-order valence-corrected chi connectivity index (χ1v) is 10.3. The van der Waals surface area contributed by atoms with Crippen LogP contribution in [0.1, 0.15) is 71.1 Å². The maximum absolute atomic E-state index is 8.55. The Morgan fingerprint density at radius 3 is 1.52 bits per heavy atom. The molecule has 140 valence electrons. The third kappa shape index (κ3) is 37.7. The SMILES string of the molecule is CCCCCCCCCCCCOc1ccccc1.O=P([O-])([O-])[O-].[K+].[K+].[K+]. The smallest absolute Gasteiger partial charge is 0.822 e. The van der Waals surface area contributed by atoms with Crippen LogP contribution in [0.3, 0.4) is 0 Å². The monoisotopic (exact) mass is 474 g/mol. The molecule has 1 rings (SSSR count). The molecule has 0 aromatic heterocycles. The number of benzene rings is 1. The van der Waals surface area contributed by atoms with Gasteiger partial charge in [0, 0.05) is 0 Å². The summed E-state index contributed by atoms with van der Waals surface area (Å²) in [6.45, 7) is 3.14. The minimum atomic E-state index is -5.39. The minimum absolute atomic E-state index is 0. The van der Waals surface area contributed by atoms with Gasteiger partial charge in [-0.2, -0.15) is 7.82 Å². The molecule has 0 saturated heterocycles. The Bertz CT molecular complexity index is 424. The Balaban J connectivity index is -0.000000294. The Hall–Kier alpha value is 4.04. The van der Waals surface area contributed by atoms with Gasteiger partial charge >= 0.3 is 154 Å². The molecule has 5 nitrogen and oxygen atoms in total. The number of ether oxygens (including phenoxy) is 1. The molecule has 0 atom stereocenters. The summed E-state index contributed by atoms with van der Waals surface area (Å²) in [4.78, 5) is 25.6. The van der Waals surface area contributed by atoms with Gasteiger partial charge in [0.05, 0.1) is 6.61 Å². The molecule has 0 unspecified atom stereocenters. The molecule has 1 aromatic carbocycles. The van der Waals surface area contributed by atoms with Gasteiger partial charge in [0.2, 0.25) is 0 Å². The van der Waals surface area contributed by atoms with Crippen molar-refractivity contribution >= 4 is 7.82 Å². The molecule has 0 aliphatic rings. The quantitative estimate of drug-likeness (QED) is 0.171. The van der Waals surface area contributed by atoms with Crippen LogP contribution in [0.2, 0.25) is 0 Å². The predicted molar refractivity (Wildman–Crippen MR) is 91.4 cm³/mol. The Morgan fingerprint density at radius 2 is 1.11 bits per heavy atom. The van der Waals surface area contributed by atoms with Crippen molar-refractivity contribution in [2.24, 2.45) is 0 Å². The van der Waals surface area contributed by atoms with Crippen LogP contribution in [-0.4, -0.2) is 6.61 Å². The minimum Gasteiger partial charge on any atom is -0.822 e. The standard InChI is InChI=1S/C18H30O.3K.H3O4P/c1-2-3-4-5-6-7-8-9-10-14-17-19-18-15-12-11-13-16-18;;;;1-5(2,3)4/h11-13,15-16H,2-10,14,17H2,1H3;;;;(H3,1,2,3,4)/q;3*+1;/p-3. The van der Waals surface area contributed by atoms with Gasteiger partial charge in [0.25, 0.3) is 0 Å². The molecule has 27 heavy (non-hydrogen) atoms. The molecule has 0 amide bonds. The largest absolute Gasteiger partial charge is 1.00 e. The first-order valence-electron chi connectivity index (χ1n) is 8.84. The zero-order chi connectivity index (χ0) is 18.1. The second-order valence-electron chi connectivity index (χ2n) is 5.79. The molecule has 0 aliphatic heterocycles. The third-order valence-corrected chi connectivity index (χ3v) is 3.51. The summed E-state index contributed by atoms with van der Waals surface area (Å²) < 4.78 is 14.2. The molecule has 0 radical (unpaired) electrons. The summed E-state index contributed by atoms with van der Waals surface area (Å²) in [6.07, 6.45) is 13.7. The molecular weight excluding hydrogens is 444 g/mol. The molecule has 0 bridgehead atoms. The number of phosphoric acid groups is 1. The summed E-state index contributed by atoms with van der Waals surface area (Å²) in [5.74, 6) is 0.999. The zero-order valence-electron chi connectivity index (χ0n) is 17.7. The molecule has 0 heterocycles. The fourth-order valence-electron chi connectivity index (χ4n) is 2.30. The molecule has 0 N–H and O–H groups in total. The Kier molecular flexibility index (Phi) is 39.8. The topological polar surface area (TPSA) is 95.5 Å². The number of hydrogen-bond donors (Lipinski definition) is 0. The Labute approximate surface area is 293 Å². The van der Waals surface area contributed by atoms with E-state index in [2.05, 4.69) is 6.92 Å². The van der Waals surface area contributed by atoms with E-state index in [1.54, 1.807) is 0 Å². The fraction of sp³-hybridized carbons (Fsp3) is 0.667. The predicted octanol–water partition coefficient (Wildman–Crippen LogP) is -5.83. The van der Waals surface area contributed by atoms with E-state index in [-0.39, 0.29) is 154 Å². The van der Waals surface area contributed by atoms with Gasteiger partial charge in [-0.3, -0.25) is 0 Å². The van der Waals surface area contributed by atoms with E-state index < -0.39 is 7.82 Å². The van der Waals surface area contributed by atoms with E-state index >= 15 is 0 Å². The van der Waals surface area contributed by atoms with Crippen molar-refractivity contribution < 1.29 is 178 Å². The van der Waals surface area contributed by atoms with Gasteiger partial charge in [0.1, 0.15) is 5.75 Å². The van der Waals surface area contributed by atoms with Crippen LogP contribution in [0.25, 0.3) is 0 Å². The third-order valence-electron chi connectivity index (χ3n) is 3.51. The molecule has 1 aromatic rings.